The minimum atomic E-state index is -0.467. The third-order valence-electron chi connectivity index (χ3n) is 4.58. The van der Waals surface area contributed by atoms with Gasteiger partial charge in [0.2, 0.25) is 11.8 Å². The molecule has 0 radical (unpaired) electrons. The topological polar surface area (TPSA) is 88.9 Å². The summed E-state index contributed by atoms with van der Waals surface area (Å²) in [6.07, 6.45) is 3.41. The summed E-state index contributed by atoms with van der Waals surface area (Å²) in [5.74, 6) is 0.529. The number of carbonyl (C=O) groups excluding carboxylic acids is 3. The fourth-order valence-corrected chi connectivity index (χ4v) is 3.10. The largest absolute Gasteiger partial charge is 0.465 e. The van der Waals surface area contributed by atoms with Crippen molar-refractivity contribution in [1.82, 2.24) is 10.2 Å². The van der Waals surface area contributed by atoms with Crippen molar-refractivity contribution >= 4 is 17.8 Å². The number of nitrogens with zero attached hydrogens (tertiary/aromatic N) is 1. The number of esters is 1. The Labute approximate surface area is 140 Å². The quantitative estimate of drug-likeness (QED) is 0.822. The van der Waals surface area contributed by atoms with Crippen LogP contribution in [0.3, 0.4) is 0 Å². The van der Waals surface area contributed by atoms with Gasteiger partial charge >= 0.3 is 5.97 Å². The Bertz CT molecular complexity index is 662. The number of rotatable bonds is 5. The van der Waals surface area contributed by atoms with E-state index in [2.05, 4.69) is 10.1 Å². The number of hydrogen-bond donors (Lipinski definition) is 1. The van der Waals surface area contributed by atoms with Gasteiger partial charge in [-0.25, -0.2) is 4.79 Å². The molecule has 2 aliphatic rings. The second kappa shape index (κ2) is 6.67. The molecule has 1 atom stereocenters. The third kappa shape index (κ3) is 3.29. The minimum Gasteiger partial charge on any atom is -0.465 e. The monoisotopic (exact) mass is 334 g/mol. The molecule has 1 aromatic heterocycles. The zero-order valence-corrected chi connectivity index (χ0v) is 14.0. The molecule has 3 rings (SSSR count). The molecule has 1 saturated heterocycles. The molecular weight excluding hydrogens is 312 g/mol. The maximum atomic E-state index is 12.4. The van der Waals surface area contributed by atoms with Gasteiger partial charge in [-0.3, -0.25) is 9.59 Å². The first-order valence-electron chi connectivity index (χ1n) is 8.27. The Morgan fingerprint density at radius 1 is 1.33 bits per heavy atom. The Kier molecular flexibility index (Phi) is 4.59. The zero-order valence-electron chi connectivity index (χ0n) is 14.0. The summed E-state index contributed by atoms with van der Waals surface area (Å²) in [6, 6.07) is 1.18. The van der Waals surface area contributed by atoms with Crippen LogP contribution in [-0.4, -0.2) is 42.4 Å². The Hall–Kier alpha value is -2.31. The molecule has 0 spiro atoms. The van der Waals surface area contributed by atoms with Gasteiger partial charge in [-0.1, -0.05) is 0 Å². The van der Waals surface area contributed by atoms with E-state index < -0.39 is 12.0 Å². The number of aryl methyl sites for hydroxylation is 1. The average molecular weight is 334 g/mol. The summed E-state index contributed by atoms with van der Waals surface area (Å²) in [4.78, 5) is 37.9. The molecule has 2 amide bonds. The predicted molar refractivity (Wildman–Crippen MR) is 84.1 cm³/mol. The zero-order chi connectivity index (χ0) is 17.3. The molecule has 24 heavy (non-hydrogen) atoms. The normalized spacial score (nSPS) is 20.1. The van der Waals surface area contributed by atoms with Gasteiger partial charge in [-0.05, 0) is 38.7 Å². The number of methoxy groups -OCH3 is 1. The number of amides is 2. The second-order valence-electron chi connectivity index (χ2n) is 6.36. The maximum absolute atomic E-state index is 12.4. The van der Waals surface area contributed by atoms with Gasteiger partial charge in [0, 0.05) is 12.5 Å². The summed E-state index contributed by atoms with van der Waals surface area (Å²) in [5, 5.41) is 2.80. The van der Waals surface area contributed by atoms with E-state index in [0.717, 1.165) is 19.3 Å². The Balaban J connectivity index is 1.59. The van der Waals surface area contributed by atoms with E-state index in [1.165, 1.54) is 7.11 Å². The molecule has 1 aromatic rings. The van der Waals surface area contributed by atoms with E-state index in [4.69, 9.17) is 4.42 Å². The fourth-order valence-electron chi connectivity index (χ4n) is 3.10. The van der Waals surface area contributed by atoms with Gasteiger partial charge in [0.05, 0.1) is 13.7 Å². The van der Waals surface area contributed by atoms with Crippen LogP contribution < -0.4 is 5.32 Å². The molecule has 1 aliphatic heterocycles. The molecule has 0 aromatic carbocycles. The van der Waals surface area contributed by atoms with Gasteiger partial charge in [0.15, 0.2) is 0 Å². The first-order valence-corrected chi connectivity index (χ1v) is 8.27. The molecule has 7 heteroatoms. The van der Waals surface area contributed by atoms with E-state index in [-0.39, 0.29) is 24.3 Å². The average Bonchev–Trinajstić information content (AvgIpc) is 3.19. The van der Waals surface area contributed by atoms with Crippen molar-refractivity contribution in [2.24, 2.45) is 5.92 Å². The highest BCUT2D eigenvalue weighted by atomic mass is 16.5. The van der Waals surface area contributed by atoms with Gasteiger partial charge < -0.3 is 19.4 Å². The van der Waals surface area contributed by atoms with Crippen molar-refractivity contribution in [1.29, 1.82) is 0 Å². The first-order chi connectivity index (χ1) is 11.5. The van der Waals surface area contributed by atoms with Crippen LogP contribution in [0.2, 0.25) is 0 Å². The summed E-state index contributed by atoms with van der Waals surface area (Å²) < 4.78 is 10.2. The maximum Gasteiger partial charge on any atom is 0.341 e. The Morgan fingerprint density at radius 2 is 2.08 bits per heavy atom. The van der Waals surface area contributed by atoms with Crippen molar-refractivity contribution in [3.8, 4) is 0 Å². The Morgan fingerprint density at radius 3 is 2.75 bits per heavy atom. The highest BCUT2D eigenvalue weighted by Gasteiger charge is 2.40. The highest BCUT2D eigenvalue weighted by molar-refractivity contribution is 5.91. The SMILES string of the molecule is COC(=O)c1cc(CNC(=O)[C@H]2CCCN2C(=O)C2CC2)oc1C. The number of likely N-dealkylation sites (tertiary alicyclic amines) is 1. The van der Waals surface area contributed by atoms with Crippen molar-refractivity contribution in [3.63, 3.8) is 0 Å². The fraction of sp³-hybridized carbons (Fsp3) is 0.588. The van der Waals surface area contributed by atoms with Crippen LogP contribution in [0.5, 0.6) is 0 Å². The van der Waals surface area contributed by atoms with E-state index in [9.17, 15) is 14.4 Å². The summed E-state index contributed by atoms with van der Waals surface area (Å²) >= 11 is 0. The molecule has 0 bridgehead atoms. The summed E-state index contributed by atoms with van der Waals surface area (Å²) in [5.41, 5.74) is 0.355. The van der Waals surface area contributed by atoms with Gasteiger partial charge in [-0.2, -0.15) is 0 Å². The third-order valence-corrected chi connectivity index (χ3v) is 4.58. The number of ether oxygens (including phenoxy) is 1. The standard InChI is InChI=1S/C17H22N2O5/c1-10-13(17(22)23-2)8-12(24-10)9-18-15(20)14-4-3-7-19(14)16(21)11-5-6-11/h8,11,14H,3-7,9H2,1-2H3,(H,18,20)/t14-/m1/s1. The molecule has 1 saturated carbocycles. The van der Waals surface area contributed by atoms with E-state index in [1.807, 2.05) is 0 Å². The lowest BCUT2D eigenvalue weighted by molar-refractivity contribution is -0.139. The smallest absolute Gasteiger partial charge is 0.341 e. The lowest BCUT2D eigenvalue weighted by Crippen LogP contribution is -2.46. The molecule has 1 N–H and O–H groups in total. The first kappa shape index (κ1) is 16.5. The van der Waals surface area contributed by atoms with Crippen molar-refractivity contribution in [2.45, 2.75) is 45.2 Å². The van der Waals surface area contributed by atoms with Crippen molar-refractivity contribution in [2.75, 3.05) is 13.7 Å². The van der Waals surface area contributed by atoms with E-state index >= 15 is 0 Å². The molecule has 1 aliphatic carbocycles. The van der Waals surface area contributed by atoms with Crippen LogP contribution in [0, 0.1) is 12.8 Å². The minimum absolute atomic E-state index is 0.106. The summed E-state index contributed by atoms with van der Waals surface area (Å²) in [6.45, 7) is 2.50. The molecule has 2 heterocycles. The molecule has 130 valence electrons. The number of carbonyl (C=O) groups is 3. The molecule has 0 unspecified atom stereocenters. The summed E-state index contributed by atoms with van der Waals surface area (Å²) in [7, 11) is 1.31. The molecule has 7 nitrogen and oxygen atoms in total. The number of furan rings is 1. The van der Waals surface area contributed by atoms with Crippen LogP contribution in [0.15, 0.2) is 10.5 Å². The number of hydrogen-bond acceptors (Lipinski definition) is 5. The predicted octanol–water partition coefficient (Wildman–Crippen LogP) is 1.39. The highest BCUT2D eigenvalue weighted by Crippen LogP contribution is 2.33. The van der Waals surface area contributed by atoms with Crippen LogP contribution in [-0.2, 0) is 20.9 Å². The second-order valence-corrected chi connectivity index (χ2v) is 6.36. The van der Waals surface area contributed by atoms with Crippen molar-refractivity contribution in [3.05, 3.63) is 23.2 Å². The van der Waals surface area contributed by atoms with Crippen LogP contribution in [0.1, 0.15) is 47.6 Å². The van der Waals surface area contributed by atoms with E-state index in [1.54, 1.807) is 17.9 Å². The van der Waals surface area contributed by atoms with Gasteiger partial charge in [-0.15, -0.1) is 0 Å². The van der Waals surface area contributed by atoms with Crippen LogP contribution in [0.4, 0.5) is 0 Å². The molecule has 2 fully saturated rings. The van der Waals surface area contributed by atoms with Gasteiger partial charge in [0.25, 0.3) is 0 Å². The van der Waals surface area contributed by atoms with Crippen molar-refractivity contribution < 1.29 is 23.5 Å². The van der Waals surface area contributed by atoms with Gasteiger partial charge in [0.1, 0.15) is 23.1 Å². The number of nitrogens with one attached hydrogen (secondary N) is 1. The molecular formula is C17H22N2O5. The van der Waals surface area contributed by atoms with Crippen LogP contribution >= 0.6 is 0 Å². The lowest BCUT2D eigenvalue weighted by Gasteiger charge is -2.23. The lowest BCUT2D eigenvalue weighted by atomic mass is 10.2. The van der Waals surface area contributed by atoms with E-state index in [0.29, 0.717) is 30.0 Å². The van der Waals surface area contributed by atoms with Crippen LogP contribution in [0.25, 0.3) is 0 Å².